The lowest BCUT2D eigenvalue weighted by Crippen LogP contribution is -2.51. The van der Waals surface area contributed by atoms with Gasteiger partial charge in [0.15, 0.2) is 0 Å². The van der Waals surface area contributed by atoms with Crippen LogP contribution >= 0.6 is 0 Å². The van der Waals surface area contributed by atoms with Crippen molar-refractivity contribution in [2.24, 2.45) is 0 Å². The van der Waals surface area contributed by atoms with E-state index in [1.54, 1.807) is 0 Å². The van der Waals surface area contributed by atoms with Gasteiger partial charge in [0.1, 0.15) is 11.5 Å². The third-order valence-electron chi connectivity index (χ3n) is 7.95. The van der Waals surface area contributed by atoms with Crippen LogP contribution in [0.1, 0.15) is 50.2 Å². The van der Waals surface area contributed by atoms with Crippen LogP contribution in [0, 0.1) is 13.8 Å². The van der Waals surface area contributed by atoms with Gasteiger partial charge < -0.3 is 14.3 Å². The molecule has 0 aliphatic carbocycles. The van der Waals surface area contributed by atoms with Gasteiger partial charge in [0.25, 0.3) is 0 Å². The zero-order valence-corrected chi connectivity index (χ0v) is 23.4. The minimum absolute atomic E-state index is 0.140. The minimum Gasteiger partial charge on any atom is -0.367 e. The van der Waals surface area contributed by atoms with Gasteiger partial charge in [0, 0.05) is 49.7 Å². The first-order valence-electron chi connectivity index (χ1n) is 13.7. The summed E-state index contributed by atoms with van der Waals surface area (Å²) in [6.07, 6.45) is 2.20. The summed E-state index contributed by atoms with van der Waals surface area (Å²) in [5.74, 6) is 0.928. The second-order valence-corrected chi connectivity index (χ2v) is 12.0. The Balaban J connectivity index is 1.20. The first-order chi connectivity index (χ1) is 18.2. The first kappa shape index (κ1) is 24.7. The van der Waals surface area contributed by atoms with Gasteiger partial charge in [-0.3, -0.25) is 4.90 Å². The Kier molecular flexibility index (Phi) is 6.03. The highest BCUT2D eigenvalue weighted by Gasteiger charge is 2.26. The molecule has 0 amide bonds. The molecule has 0 radical (unpaired) electrons. The molecule has 6 rings (SSSR count). The average molecular weight is 507 g/mol. The summed E-state index contributed by atoms with van der Waals surface area (Å²) in [5.41, 5.74) is 10.6. The Hall–Kier alpha value is -3.64. The first-order valence-corrected chi connectivity index (χ1v) is 13.7. The second kappa shape index (κ2) is 9.28. The van der Waals surface area contributed by atoms with Crippen LogP contribution in [0.3, 0.4) is 0 Å². The fraction of sp³-hybridized carbons (Fsp3) is 0.375. The van der Waals surface area contributed by atoms with E-state index in [9.17, 15) is 0 Å². The number of aromatic amines is 1. The number of H-pyrrole nitrogens is 1. The van der Waals surface area contributed by atoms with Gasteiger partial charge >= 0.3 is 0 Å². The number of piperazine rings is 1. The third kappa shape index (κ3) is 4.58. The van der Waals surface area contributed by atoms with Crippen LogP contribution < -0.4 is 4.90 Å². The topological polar surface area (TPSA) is 52.5 Å². The van der Waals surface area contributed by atoms with Crippen molar-refractivity contribution in [3.05, 3.63) is 83.3 Å². The zero-order chi connectivity index (χ0) is 26.6. The van der Waals surface area contributed by atoms with E-state index in [4.69, 9.17) is 9.97 Å². The number of rotatable bonds is 4. The predicted octanol–water partition coefficient (Wildman–Crippen LogP) is 6.50. The number of para-hydroxylation sites is 1. The molecule has 196 valence electrons. The van der Waals surface area contributed by atoms with Crippen LogP contribution in [-0.2, 0) is 12.0 Å². The molecule has 38 heavy (non-hydrogen) atoms. The van der Waals surface area contributed by atoms with Crippen molar-refractivity contribution >= 4 is 22.4 Å². The van der Waals surface area contributed by atoms with Gasteiger partial charge in [-0.1, -0.05) is 51.1 Å². The van der Waals surface area contributed by atoms with Gasteiger partial charge in [0.2, 0.25) is 0 Å². The molecule has 0 spiro atoms. The molecule has 1 N–H and O–H groups in total. The quantitative estimate of drug-likeness (QED) is 0.302. The number of aromatic nitrogens is 4. The van der Waals surface area contributed by atoms with E-state index in [0.29, 0.717) is 6.04 Å². The molecule has 0 bridgehead atoms. The summed E-state index contributed by atoms with van der Waals surface area (Å²) < 4.78 is 2.20. The lowest BCUT2D eigenvalue weighted by Gasteiger charge is -2.40. The zero-order valence-electron chi connectivity index (χ0n) is 23.4. The van der Waals surface area contributed by atoms with E-state index in [1.807, 2.05) is 0 Å². The van der Waals surface area contributed by atoms with Crippen LogP contribution in [0.2, 0.25) is 0 Å². The Morgan fingerprint density at radius 2 is 1.76 bits per heavy atom. The maximum atomic E-state index is 4.95. The molecule has 0 saturated carbocycles. The molecule has 1 atom stereocenters. The maximum absolute atomic E-state index is 4.95. The van der Waals surface area contributed by atoms with E-state index < -0.39 is 0 Å². The van der Waals surface area contributed by atoms with Crippen molar-refractivity contribution in [2.75, 3.05) is 24.5 Å². The molecule has 1 aliphatic heterocycles. The van der Waals surface area contributed by atoms with Crippen molar-refractivity contribution in [3.63, 3.8) is 0 Å². The number of hydrogen-bond acceptors (Lipinski definition) is 4. The van der Waals surface area contributed by atoms with Gasteiger partial charge in [-0.2, -0.15) is 0 Å². The number of imidazole rings is 2. The molecule has 5 aromatic rings. The standard InChI is InChI=1S/C32H38N6/c1-21-16-22(2)38-20-26(33-29(38)17-21)19-36-14-15-37(18-23(36)3)28-9-7-8-27-30(28)35-31(34-27)24-10-12-25(13-11-24)32(4,5)6/h7-13,16-17,20,23H,14-15,18-19H2,1-6H3,(H,34,35)/t23-/m0/s1. The van der Waals surface area contributed by atoms with E-state index >= 15 is 0 Å². The SMILES string of the molecule is Cc1cc(C)n2cc(CN3CCN(c4cccc5nc(-c6ccc(C(C)(C)C)cc6)[nH]c45)C[C@@H]3C)nc2c1. The molecule has 3 aromatic heterocycles. The molecule has 0 unspecified atom stereocenters. The Bertz CT molecular complexity index is 1600. The van der Waals surface area contributed by atoms with Crippen molar-refractivity contribution < 1.29 is 0 Å². The second-order valence-electron chi connectivity index (χ2n) is 12.0. The monoisotopic (exact) mass is 506 g/mol. The predicted molar refractivity (Wildman–Crippen MR) is 157 cm³/mol. The fourth-order valence-electron chi connectivity index (χ4n) is 5.75. The number of aryl methyl sites for hydroxylation is 2. The number of nitrogens with one attached hydrogen (secondary N) is 1. The molecule has 6 heteroatoms. The molecular formula is C32H38N6. The van der Waals surface area contributed by atoms with Crippen molar-refractivity contribution in [1.82, 2.24) is 24.3 Å². The summed E-state index contributed by atoms with van der Waals surface area (Å²) in [6.45, 7) is 17.2. The van der Waals surface area contributed by atoms with E-state index in [0.717, 1.165) is 59.9 Å². The van der Waals surface area contributed by atoms with E-state index in [-0.39, 0.29) is 5.41 Å². The highest BCUT2D eigenvalue weighted by atomic mass is 15.3. The lowest BCUT2D eigenvalue weighted by atomic mass is 9.87. The van der Waals surface area contributed by atoms with E-state index in [1.165, 1.54) is 22.5 Å². The highest BCUT2D eigenvalue weighted by Crippen LogP contribution is 2.31. The fourth-order valence-corrected chi connectivity index (χ4v) is 5.75. The summed E-state index contributed by atoms with van der Waals surface area (Å²) >= 11 is 0. The summed E-state index contributed by atoms with van der Waals surface area (Å²) in [6, 6.07) is 20.0. The van der Waals surface area contributed by atoms with Crippen LogP contribution in [0.25, 0.3) is 28.1 Å². The van der Waals surface area contributed by atoms with Crippen molar-refractivity contribution in [1.29, 1.82) is 0 Å². The van der Waals surface area contributed by atoms with Crippen LogP contribution in [0.4, 0.5) is 5.69 Å². The van der Waals surface area contributed by atoms with E-state index in [2.05, 4.69) is 122 Å². The smallest absolute Gasteiger partial charge is 0.138 e. The number of hydrogen-bond donors (Lipinski definition) is 1. The Morgan fingerprint density at radius 3 is 2.50 bits per heavy atom. The van der Waals surface area contributed by atoms with Crippen molar-refractivity contribution in [2.45, 2.75) is 59.5 Å². The highest BCUT2D eigenvalue weighted by molar-refractivity contribution is 5.91. The summed E-state index contributed by atoms with van der Waals surface area (Å²) in [4.78, 5) is 18.6. The van der Waals surface area contributed by atoms with Gasteiger partial charge in [0.05, 0.1) is 22.4 Å². The maximum Gasteiger partial charge on any atom is 0.138 e. The minimum atomic E-state index is 0.140. The number of benzene rings is 2. The summed E-state index contributed by atoms with van der Waals surface area (Å²) in [5, 5.41) is 0. The van der Waals surface area contributed by atoms with Gasteiger partial charge in [-0.25, -0.2) is 9.97 Å². The van der Waals surface area contributed by atoms with Crippen LogP contribution in [-0.4, -0.2) is 49.9 Å². The lowest BCUT2D eigenvalue weighted by molar-refractivity contribution is 0.179. The number of fused-ring (bicyclic) bond motifs is 2. The molecule has 2 aromatic carbocycles. The number of pyridine rings is 1. The van der Waals surface area contributed by atoms with Crippen molar-refractivity contribution in [3.8, 4) is 11.4 Å². The normalized spacial score (nSPS) is 17.1. The molecular weight excluding hydrogens is 468 g/mol. The van der Waals surface area contributed by atoms with Crippen LogP contribution in [0.5, 0.6) is 0 Å². The molecule has 1 saturated heterocycles. The molecule has 4 heterocycles. The number of nitrogens with zero attached hydrogens (tertiary/aromatic N) is 5. The van der Waals surface area contributed by atoms with Crippen LogP contribution in [0.15, 0.2) is 60.8 Å². The summed E-state index contributed by atoms with van der Waals surface area (Å²) in [7, 11) is 0. The molecule has 1 fully saturated rings. The average Bonchev–Trinajstić information content (AvgIpc) is 3.49. The third-order valence-corrected chi connectivity index (χ3v) is 7.95. The van der Waals surface area contributed by atoms with Gasteiger partial charge in [-0.15, -0.1) is 0 Å². The number of anilines is 1. The largest absolute Gasteiger partial charge is 0.367 e. The molecule has 6 nitrogen and oxygen atoms in total. The van der Waals surface area contributed by atoms with Gasteiger partial charge in [-0.05, 0) is 61.6 Å². The Labute approximate surface area is 225 Å². The molecule has 1 aliphatic rings. The Morgan fingerprint density at radius 1 is 0.974 bits per heavy atom.